The average Bonchev–Trinajstić information content (AvgIpc) is 1.79. The highest BCUT2D eigenvalue weighted by Crippen LogP contribution is 2.37. The van der Waals surface area contributed by atoms with Crippen LogP contribution < -0.4 is 25.5 Å². The predicted octanol–water partition coefficient (Wildman–Crippen LogP) is 13.8. The number of nitrogens with one attached hydrogen (secondary N) is 1. The van der Waals surface area contributed by atoms with Crippen LogP contribution in [-0.4, -0.2) is 142 Å². The van der Waals surface area contributed by atoms with E-state index in [4.69, 9.17) is 50.9 Å². The Morgan fingerprint density at radius 2 is 0.921 bits per heavy atom. The first kappa shape index (κ1) is 99.8. The zero-order valence-corrected chi connectivity index (χ0v) is 71.9. The topological polar surface area (TPSA) is 402 Å². The molecule has 4 N–H and O–H groups in total. The number of pyridine rings is 1. The quantitative estimate of drug-likeness (QED) is 0.0207. The maximum absolute atomic E-state index is 14.3. The van der Waals surface area contributed by atoms with Gasteiger partial charge in [-0.1, -0.05) is 19.6 Å². The number of rotatable bonds is 25. The van der Waals surface area contributed by atoms with Crippen LogP contribution in [0, 0.1) is 17.5 Å². The molecule has 39 heteroatoms. The molecule has 31 nitrogen and oxygen atoms in total. The maximum Gasteiger partial charge on any atom is 0.446 e. The third-order valence-electron chi connectivity index (χ3n) is 19.3. The Hall–Kier alpha value is -12.7. The molecule has 4 aliphatic carbocycles. The lowest BCUT2D eigenvalue weighted by molar-refractivity contribution is -0.157. The predicted molar refractivity (Wildman–Crippen MR) is 455 cm³/mol. The number of aldehydes is 1. The maximum atomic E-state index is 14.3. The first-order valence-electron chi connectivity index (χ1n) is 40.5. The van der Waals surface area contributed by atoms with Crippen molar-refractivity contribution in [1.82, 2.24) is 84.0 Å². The van der Waals surface area contributed by atoms with E-state index in [0.717, 1.165) is 160 Å². The molecule has 0 radical (unpaired) electrons. The number of esters is 2. The number of halogens is 8. The van der Waals surface area contributed by atoms with Crippen LogP contribution in [0.4, 0.5) is 26.3 Å². The molecule has 4 aliphatic rings. The second kappa shape index (κ2) is 47.6. The van der Waals surface area contributed by atoms with Gasteiger partial charge in [0, 0.05) is 125 Å². The van der Waals surface area contributed by atoms with Crippen molar-refractivity contribution in [2.45, 2.75) is 240 Å². The van der Waals surface area contributed by atoms with Crippen LogP contribution in [0.1, 0.15) is 203 Å². The van der Waals surface area contributed by atoms with E-state index in [1.54, 1.807) is 106 Å². The number of carboxylic acids is 1. The van der Waals surface area contributed by atoms with Gasteiger partial charge in [-0.25, -0.2) is 53.0 Å². The summed E-state index contributed by atoms with van der Waals surface area (Å²) in [6.45, 7) is 11.7. The third-order valence-corrected chi connectivity index (χ3v) is 19.6. The molecule has 0 fully saturated rings. The van der Waals surface area contributed by atoms with Gasteiger partial charge in [0.1, 0.15) is 73.9 Å². The summed E-state index contributed by atoms with van der Waals surface area (Å²) < 4.78 is 109. The van der Waals surface area contributed by atoms with Gasteiger partial charge in [0.25, 0.3) is 11.5 Å². The minimum atomic E-state index is -4.64. The molecule has 9 aromatic heterocycles. The number of nitrogens with zero attached hydrogens (tertiary/aromatic N) is 16. The molecule has 0 aliphatic heterocycles. The van der Waals surface area contributed by atoms with Crippen molar-refractivity contribution in [1.29, 1.82) is 0 Å². The summed E-state index contributed by atoms with van der Waals surface area (Å²) in [6, 6.07) is 17.6. The number of nitrogens with two attached hydrogens (primary N) is 1. The number of carbonyl (C=O) groups excluding carboxylic acids is 5. The number of H-pyrrole nitrogens is 1. The summed E-state index contributed by atoms with van der Waals surface area (Å²) in [4.78, 5) is 118. The summed E-state index contributed by atoms with van der Waals surface area (Å²) in [6.07, 6.45) is 24.2. The number of carboxylic acid groups (broad SMARTS) is 1. The highest BCUT2D eigenvalue weighted by Gasteiger charge is 2.31. The molecular weight excluding hydrogens is 1700 g/mol. The molecule has 1 atom stereocenters. The van der Waals surface area contributed by atoms with Crippen LogP contribution in [0.25, 0.3) is 11.1 Å². The molecule has 2 aromatic carbocycles. The largest absolute Gasteiger partial charge is 0.480 e. The summed E-state index contributed by atoms with van der Waals surface area (Å²) in [5.74, 6) is -1.23. The second-order valence-corrected chi connectivity index (χ2v) is 31.5. The Kier molecular flexibility index (Phi) is 37.4. The van der Waals surface area contributed by atoms with Gasteiger partial charge >= 0.3 is 24.1 Å². The van der Waals surface area contributed by atoms with E-state index in [-0.39, 0.29) is 108 Å². The Bertz CT molecular complexity index is 5500. The molecular formula is C88H102Cl2F6N18O13. The highest BCUT2D eigenvalue weighted by molar-refractivity contribution is 6.16. The first-order valence-corrected chi connectivity index (χ1v) is 41.0. The van der Waals surface area contributed by atoms with Crippen molar-refractivity contribution in [3.63, 3.8) is 0 Å². The fourth-order valence-electron chi connectivity index (χ4n) is 14.3. The highest BCUT2D eigenvalue weighted by atomic mass is 35.5. The molecule has 1 amide bonds. The van der Waals surface area contributed by atoms with Gasteiger partial charge in [-0.2, -0.15) is 13.2 Å². The van der Waals surface area contributed by atoms with Crippen molar-refractivity contribution in [2.75, 3.05) is 0 Å². The van der Waals surface area contributed by atoms with Gasteiger partial charge in [0.05, 0.1) is 23.7 Å². The van der Waals surface area contributed by atoms with E-state index < -0.39 is 58.9 Å². The number of aromatic nitrogens is 17. The summed E-state index contributed by atoms with van der Waals surface area (Å²) in [5, 5.41) is 25.2. The van der Waals surface area contributed by atoms with E-state index >= 15 is 0 Å². The van der Waals surface area contributed by atoms with Crippen molar-refractivity contribution in [3.05, 3.63) is 242 Å². The minimum Gasteiger partial charge on any atom is -0.480 e. The summed E-state index contributed by atoms with van der Waals surface area (Å²) in [7, 11) is 0. The van der Waals surface area contributed by atoms with Gasteiger partial charge in [-0.15, -0.1) is 39.3 Å². The lowest BCUT2D eigenvalue weighted by Gasteiger charge is -2.20. The number of ether oxygens (including phenoxy) is 5. The molecule has 9 heterocycles. The molecule has 0 spiro atoms. The van der Waals surface area contributed by atoms with Crippen molar-refractivity contribution < 1.29 is 83.9 Å². The number of aromatic amines is 1. The molecule has 678 valence electrons. The number of hydrogen-bond acceptors (Lipinski definition) is 24. The Morgan fingerprint density at radius 1 is 0.528 bits per heavy atom. The molecule has 0 saturated heterocycles. The number of primary amides is 1. The Labute approximate surface area is 739 Å². The van der Waals surface area contributed by atoms with Crippen LogP contribution in [-0.2, 0) is 143 Å². The number of aliphatic carboxylic acids is 1. The van der Waals surface area contributed by atoms with Crippen molar-refractivity contribution in [2.24, 2.45) is 5.73 Å². The summed E-state index contributed by atoms with van der Waals surface area (Å²) in [5.41, 5.74) is 13.7. The number of alkyl halides is 4. The monoisotopic (exact) mass is 1800 g/mol. The third kappa shape index (κ3) is 30.9. The number of ketones is 1. The van der Waals surface area contributed by atoms with Crippen LogP contribution >= 0.6 is 24.0 Å². The van der Waals surface area contributed by atoms with Crippen molar-refractivity contribution >= 4 is 59.9 Å². The molecule has 0 unspecified atom stereocenters. The molecule has 15 rings (SSSR count). The standard InChI is InChI=1S/C35H31F3N6O3.C18H24N4O3.C14H16N4O3.C13H20N2O3.C5H5ClN2.C2HF3O.CH4.ClH/c36-24-14-21(15-25(37)18-24)13-23(33-27(6-3-10-42-33)22-8-9-30(38)29(17-22)34(39)46)16-26(45)19-44-31-7-2-1-5-28(31)35(43-44)47-20-32-40-11-4-12-41-32;1-18(2,3)25-16(23)11-22-14-8-5-4-7-13(14)17(21-22)24-12-15-19-9-6-10-20-15;19-13(20)8-18-11-5-2-1-4-10(11)14(17-18)21-9-12-15-6-3-7-16-12;1-13(2,3)18-11(16)8-15-10-7-5-4-6-9(10)12(17)14-15;6-4-5-7-2-1-3-8-5;3-2(4,5)1-6;;/h3-4,6,8-12,14-15,17-18,23H,1-2,5,7,13,16,19-20H2,(H2,39,46);6,9-10H,4-5,7-8,11-12H2,1-3H3;3,6-7H,1-2,4-5,8-9H2,(H,19,20);4-8H2,1-3H3,(H,14,17);1-3H,4H2;1H;1H4;1H/t23-;;;;;;;/m1......./s1. The second-order valence-electron chi connectivity index (χ2n) is 31.2. The lowest BCUT2D eigenvalue weighted by Crippen LogP contribution is -2.27. The van der Waals surface area contributed by atoms with Crippen LogP contribution in [0.15, 0.2) is 133 Å². The number of Topliss-reactive ketones (excluding diaryl/α,β-unsaturated/α-hetero) is 1. The molecule has 0 saturated carbocycles. The van der Waals surface area contributed by atoms with Crippen molar-refractivity contribution in [3.8, 4) is 28.8 Å². The van der Waals surface area contributed by atoms with E-state index in [0.29, 0.717) is 69.2 Å². The Morgan fingerprint density at radius 3 is 1.33 bits per heavy atom. The molecule has 0 bridgehead atoms. The van der Waals surface area contributed by atoms with E-state index in [1.807, 2.05) is 41.5 Å². The average molecular weight is 1800 g/mol. The number of hydrogen-bond donors (Lipinski definition) is 3. The summed E-state index contributed by atoms with van der Waals surface area (Å²) >= 11 is 5.40. The zero-order chi connectivity index (χ0) is 89.8. The fraction of sp³-hybridized carbons (Fsp3) is 0.420. The lowest BCUT2D eigenvalue weighted by atomic mass is 9.86. The van der Waals surface area contributed by atoms with E-state index in [2.05, 4.69) is 65.3 Å². The van der Waals surface area contributed by atoms with E-state index in [1.165, 1.54) is 28.9 Å². The SMILES string of the molecule is C.CC(C)(C)OC(=O)Cn1[nH]c(=O)c2c1CCCC2.CC(C)(C)OC(=O)Cn1nc(OCc2ncccn2)c2c1CCCC2.Cl.ClCc1ncccn1.NC(=O)c1cc(-c2cccnc2[C@@H](CC(=O)Cn2nc(OCc3ncccn3)c3c2CCCC3)Cc2cc(F)cc(F)c2)ccc1F.O=C(O)Cn1nc(OCc2ncccn2)c2c1CCCC2.O=CC(F)(F)F. The van der Waals surface area contributed by atoms with Gasteiger partial charge in [-0.05, 0) is 216 Å². The zero-order valence-electron chi connectivity index (χ0n) is 70.3. The van der Waals surface area contributed by atoms with Gasteiger partial charge < -0.3 is 34.5 Å². The number of fused-ring (bicyclic) bond motifs is 4. The van der Waals surface area contributed by atoms with Crippen LogP contribution in [0.5, 0.6) is 17.6 Å². The number of benzene rings is 2. The molecule has 11 aromatic rings. The Balaban J connectivity index is 0.000000211. The normalized spacial score (nSPS) is 13.2. The van der Waals surface area contributed by atoms with Crippen LogP contribution in [0.3, 0.4) is 0 Å². The van der Waals surface area contributed by atoms with Gasteiger partial charge in [0.15, 0.2) is 23.3 Å². The number of amides is 1. The minimum absolute atomic E-state index is 0. The fourth-order valence-corrected chi connectivity index (χ4v) is 14.4. The smallest absolute Gasteiger partial charge is 0.446 e. The van der Waals surface area contributed by atoms with E-state index in [9.17, 15) is 55.1 Å². The van der Waals surface area contributed by atoms with Gasteiger partial charge in [0.2, 0.25) is 23.9 Å². The molecule has 127 heavy (non-hydrogen) atoms. The van der Waals surface area contributed by atoms with Crippen LogP contribution in [0.2, 0.25) is 0 Å². The number of carbonyl (C=O) groups is 6. The first-order chi connectivity index (χ1) is 59.8. The van der Waals surface area contributed by atoms with Gasteiger partial charge in [-0.3, -0.25) is 62.4 Å².